The van der Waals surface area contributed by atoms with E-state index in [0.717, 1.165) is 22.6 Å². The standard InChI is InChI=1S/C20H25N3O2/c1-14-7-5-6-8-19(14)23-15(2)13-18(16(23)3)20(25)22-11-9-21(10-12-22)17(4)24/h5-8,13H,9-12H2,1-4H3. The molecule has 1 saturated heterocycles. The van der Waals surface area contributed by atoms with Crippen LogP contribution in [0.4, 0.5) is 0 Å². The van der Waals surface area contributed by atoms with E-state index in [1.165, 1.54) is 5.56 Å². The molecule has 0 radical (unpaired) electrons. The first-order valence-corrected chi connectivity index (χ1v) is 8.70. The number of hydrogen-bond acceptors (Lipinski definition) is 2. The van der Waals surface area contributed by atoms with Crippen LogP contribution in [-0.4, -0.2) is 52.4 Å². The quantitative estimate of drug-likeness (QED) is 0.844. The van der Waals surface area contributed by atoms with Crippen molar-refractivity contribution >= 4 is 11.8 Å². The number of hydrogen-bond donors (Lipinski definition) is 0. The Morgan fingerprint density at radius 3 is 2.12 bits per heavy atom. The van der Waals surface area contributed by atoms with E-state index in [0.29, 0.717) is 26.2 Å². The Morgan fingerprint density at radius 1 is 0.920 bits per heavy atom. The Bertz CT molecular complexity index is 814. The van der Waals surface area contributed by atoms with Crippen LogP contribution in [0.25, 0.3) is 5.69 Å². The van der Waals surface area contributed by atoms with Gasteiger partial charge < -0.3 is 14.4 Å². The second-order valence-electron chi connectivity index (χ2n) is 6.70. The van der Waals surface area contributed by atoms with Crippen molar-refractivity contribution in [2.45, 2.75) is 27.7 Å². The number of benzene rings is 1. The number of piperazine rings is 1. The largest absolute Gasteiger partial charge is 0.339 e. The zero-order chi connectivity index (χ0) is 18.1. The monoisotopic (exact) mass is 339 g/mol. The van der Waals surface area contributed by atoms with Gasteiger partial charge in [-0.1, -0.05) is 18.2 Å². The van der Waals surface area contributed by atoms with Crippen LogP contribution >= 0.6 is 0 Å². The van der Waals surface area contributed by atoms with Crippen molar-refractivity contribution in [2.24, 2.45) is 0 Å². The molecule has 2 heterocycles. The highest BCUT2D eigenvalue weighted by Gasteiger charge is 2.26. The summed E-state index contributed by atoms with van der Waals surface area (Å²) in [6.45, 7) is 10.1. The first-order chi connectivity index (χ1) is 11.9. The van der Waals surface area contributed by atoms with E-state index in [-0.39, 0.29) is 11.8 Å². The van der Waals surface area contributed by atoms with Gasteiger partial charge in [0.05, 0.1) is 5.56 Å². The summed E-state index contributed by atoms with van der Waals surface area (Å²) >= 11 is 0. The molecule has 0 aliphatic carbocycles. The number of amides is 2. The lowest BCUT2D eigenvalue weighted by Crippen LogP contribution is -2.50. The van der Waals surface area contributed by atoms with Crippen molar-refractivity contribution < 1.29 is 9.59 Å². The van der Waals surface area contributed by atoms with Crippen molar-refractivity contribution in [1.82, 2.24) is 14.4 Å². The van der Waals surface area contributed by atoms with Crippen LogP contribution in [0.2, 0.25) is 0 Å². The van der Waals surface area contributed by atoms with Crippen molar-refractivity contribution in [2.75, 3.05) is 26.2 Å². The van der Waals surface area contributed by atoms with Crippen LogP contribution in [0.1, 0.15) is 34.2 Å². The van der Waals surface area contributed by atoms with Crippen LogP contribution < -0.4 is 0 Å². The van der Waals surface area contributed by atoms with E-state index < -0.39 is 0 Å². The average Bonchev–Trinajstić information content (AvgIpc) is 2.89. The maximum absolute atomic E-state index is 13.0. The van der Waals surface area contributed by atoms with Gasteiger partial charge in [0, 0.05) is 50.2 Å². The summed E-state index contributed by atoms with van der Waals surface area (Å²) in [4.78, 5) is 28.1. The molecule has 25 heavy (non-hydrogen) atoms. The number of para-hydroxylation sites is 1. The zero-order valence-corrected chi connectivity index (χ0v) is 15.4. The summed E-state index contributed by atoms with van der Waals surface area (Å²) in [7, 11) is 0. The summed E-state index contributed by atoms with van der Waals surface area (Å²) in [5.74, 6) is 0.126. The fourth-order valence-electron chi connectivity index (χ4n) is 3.56. The molecule has 1 aromatic heterocycles. The predicted octanol–water partition coefficient (Wildman–Crippen LogP) is 2.71. The maximum atomic E-state index is 13.0. The van der Waals surface area contributed by atoms with E-state index >= 15 is 0 Å². The highest BCUT2D eigenvalue weighted by molar-refractivity contribution is 5.96. The molecule has 5 nitrogen and oxygen atoms in total. The minimum Gasteiger partial charge on any atom is -0.339 e. The zero-order valence-electron chi connectivity index (χ0n) is 15.4. The molecule has 0 N–H and O–H groups in total. The Hall–Kier alpha value is -2.56. The third-order valence-corrected chi connectivity index (χ3v) is 5.03. The molecule has 0 saturated carbocycles. The third kappa shape index (κ3) is 3.18. The van der Waals surface area contributed by atoms with E-state index in [9.17, 15) is 9.59 Å². The lowest BCUT2D eigenvalue weighted by atomic mass is 10.1. The molecule has 3 rings (SSSR count). The van der Waals surface area contributed by atoms with E-state index in [2.05, 4.69) is 23.6 Å². The topological polar surface area (TPSA) is 45.6 Å². The van der Waals surface area contributed by atoms with Gasteiger partial charge in [0.25, 0.3) is 5.91 Å². The van der Waals surface area contributed by atoms with Crippen molar-refractivity contribution in [3.63, 3.8) is 0 Å². The Kier molecular flexibility index (Phi) is 4.66. The van der Waals surface area contributed by atoms with Gasteiger partial charge in [-0.05, 0) is 38.5 Å². The minimum atomic E-state index is 0.0520. The third-order valence-electron chi connectivity index (χ3n) is 5.03. The molecule has 0 atom stereocenters. The number of carbonyl (C=O) groups is 2. The molecule has 1 aliphatic rings. The number of rotatable bonds is 2. The Labute approximate surface area is 148 Å². The fourth-order valence-corrected chi connectivity index (χ4v) is 3.56. The smallest absolute Gasteiger partial charge is 0.255 e. The van der Waals surface area contributed by atoms with E-state index in [1.54, 1.807) is 11.8 Å². The lowest BCUT2D eigenvalue weighted by molar-refractivity contribution is -0.130. The maximum Gasteiger partial charge on any atom is 0.255 e. The molecule has 5 heteroatoms. The van der Waals surface area contributed by atoms with E-state index in [4.69, 9.17) is 0 Å². The van der Waals surface area contributed by atoms with Crippen molar-refractivity contribution in [3.8, 4) is 5.69 Å². The molecule has 1 aliphatic heterocycles. The summed E-state index contributed by atoms with van der Waals surface area (Å²) in [5.41, 5.74) is 5.05. The van der Waals surface area contributed by atoms with Crippen LogP contribution in [0, 0.1) is 20.8 Å². The normalized spacial score (nSPS) is 14.7. The molecule has 2 amide bonds. The molecule has 2 aromatic rings. The predicted molar refractivity (Wildman–Crippen MR) is 98.1 cm³/mol. The summed E-state index contributed by atoms with van der Waals surface area (Å²) in [6.07, 6.45) is 0. The summed E-state index contributed by atoms with van der Waals surface area (Å²) in [5, 5.41) is 0. The average molecular weight is 339 g/mol. The molecule has 1 fully saturated rings. The van der Waals surface area contributed by atoms with Crippen LogP contribution in [0.15, 0.2) is 30.3 Å². The fraction of sp³-hybridized carbons (Fsp3) is 0.400. The number of carbonyl (C=O) groups excluding carboxylic acids is 2. The molecule has 0 spiro atoms. The molecule has 0 bridgehead atoms. The van der Waals surface area contributed by atoms with Gasteiger partial charge in [-0.25, -0.2) is 0 Å². The molecule has 0 unspecified atom stereocenters. The molecular formula is C20H25N3O2. The van der Waals surface area contributed by atoms with Gasteiger partial charge in [0.1, 0.15) is 0 Å². The SMILES string of the molecule is CC(=O)N1CCN(C(=O)c2cc(C)n(-c3ccccc3C)c2C)CC1. The number of nitrogens with zero attached hydrogens (tertiary/aromatic N) is 3. The van der Waals surface area contributed by atoms with Gasteiger partial charge in [0.15, 0.2) is 0 Å². The first kappa shape index (κ1) is 17.3. The summed E-state index contributed by atoms with van der Waals surface area (Å²) in [6, 6.07) is 10.2. The van der Waals surface area contributed by atoms with Crippen molar-refractivity contribution in [3.05, 3.63) is 52.8 Å². The minimum absolute atomic E-state index is 0.0520. The van der Waals surface area contributed by atoms with Gasteiger partial charge in [-0.15, -0.1) is 0 Å². The van der Waals surface area contributed by atoms with Gasteiger partial charge in [-0.2, -0.15) is 0 Å². The molecule has 1 aromatic carbocycles. The van der Waals surface area contributed by atoms with Gasteiger partial charge in [0.2, 0.25) is 5.91 Å². The van der Waals surface area contributed by atoms with Crippen LogP contribution in [0.5, 0.6) is 0 Å². The Balaban J connectivity index is 1.87. The van der Waals surface area contributed by atoms with Gasteiger partial charge >= 0.3 is 0 Å². The lowest BCUT2D eigenvalue weighted by Gasteiger charge is -2.34. The second-order valence-corrected chi connectivity index (χ2v) is 6.70. The van der Waals surface area contributed by atoms with Crippen molar-refractivity contribution in [1.29, 1.82) is 0 Å². The highest BCUT2D eigenvalue weighted by atomic mass is 16.2. The number of aryl methyl sites for hydroxylation is 2. The second kappa shape index (κ2) is 6.75. The highest BCUT2D eigenvalue weighted by Crippen LogP contribution is 2.24. The van der Waals surface area contributed by atoms with Crippen LogP contribution in [-0.2, 0) is 4.79 Å². The Morgan fingerprint density at radius 2 is 1.52 bits per heavy atom. The van der Waals surface area contributed by atoms with Gasteiger partial charge in [-0.3, -0.25) is 9.59 Å². The van der Waals surface area contributed by atoms with Crippen LogP contribution in [0.3, 0.4) is 0 Å². The molecule has 132 valence electrons. The summed E-state index contributed by atoms with van der Waals surface area (Å²) < 4.78 is 2.15. The van der Waals surface area contributed by atoms with E-state index in [1.807, 2.05) is 36.9 Å². The molecular weight excluding hydrogens is 314 g/mol. The number of aromatic nitrogens is 1. The first-order valence-electron chi connectivity index (χ1n) is 8.70.